The average molecular weight is 359 g/mol. The van der Waals surface area contributed by atoms with Gasteiger partial charge in [-0.25, -0.2) is 14.6 Å². The molecule has 0 aromatic carbocycles. The van der Waals surface area contributed by atoms with Gasteiger partial charge < -0.3 is 15.0 Å². The standard InChI is InChI=1S/C17H25N7O2/c1-4-14-16(21-22-24(14)5-2)17(25)19-9-12-8-13(26-3)10-23(12)15-6-7-18-11-20-15/h6-7,11-13H,4-5,8-10H2,1-3H3,(H,19,25)/t12-,13-/m1/s1. The molecule has 0 bridgehead atoms. The van der Waals surface area contributed by atoms with E-state index >= 15 is 0 Å². The smallest absolute Gasteiger partial charge is 0.273 e. The van der Waals surface area contributed by atoms with Crippen molar-refractivity contribution < 1.29 is 9.53 Å². The van der Waals surface area contributed by atoms with Gasteiger partial charge in [-0.05, 0) is 25.8 Å². The van der Waals surface area contributed by atoms with Gasteiger partial charge in [-0.1, -0.05) is 12.1 Å². The minimum atomic E-state index is -0.190. The summed E-state index contributed by atoms with van der Waals surface area (Å²) in [4.78, 5) is 23.1. The quantitative estimate of drug-likeness (QED) is 0.776. The van der Waals surface area contributed by atoms with Crippen LogP contribution in [0, 0.1) is 0 Å². The van der Waals surface area contributed by atoms with Crippen LogP contribution in [0.2, 0.25) is 0 Å². The molecule has 0 saturated carbocycles. The van der Waals surface area contributed by atoms with Crippen molar-refractivity contribution in [3.05, 3.63) is 30.0 Å². The Hall–Kier alpha value is -2.55. The number of nitrogens with one attached hydrogen (secondary N) is 1. The Balaban J connectivity index is 1.69. The minimum Gasteiger partial charge on any atom is -0.380 e. The van der Waals surface area contributed by atoms with Gasteiger partial charge in [0.15, 0.2) is 5.69 Å². The fourth-order valence-corrected chi connectivity index (χ4v) is 3.38. The Morgan fingerprint density at radius 3 is 2.92 bits per heavy atom. The molecule has 0 aliphatic carbocycles. The number of carbonyl (C=O) groups is 1. The minimum absolute atomic E-state index is 0.102. The number of methoxy groups -OCH3 is 1. The summed E-state index contributed by atoms with van der Waals surface area (Å²) in [6, 6.07) is 1.97. The number of aromatic nitrogens is 5. The Bertz CT molecular complexity index is 734. The van der Waals surface area contributed by atoms with Crippen molar-refractivity contribution in [2.24, 2.45) is 0 Å². The molecule has 1 amide bonds. The summed E-state index contributed by atoms with van der Waals surface area (Å²) in [6.07, 6.45) is 4.89. The molecule has 2 atom stereocenters. The summed E-state index contributed by atoms with van der Waals surface area (Å²) in [5.41, 5.74) is 1.27. The lowest BCUT2D eigenvalue weighted by Crippen LogP contribution is -2.41. The molecule has 1 N–H and O–H groups in total. The third-order valence-corrected chi connectivity index (χ3v) is 4.76. The van der Waals surface area contributed by atoms with E-state index < -0.39 is 0 Å². The largest absolute Gasteiger partial charge is 0.380 e. The molecule has 0 unspecified atom stereocenters. The van der Waals surface area contributed by atoms with Crippen molar-refractivity contribution in [2.45, 2.75) is 45.4 Å². The van der Waals surface area contributed by atoms with Crippen LogP contribution in [0.25, 0.3) is 0 Å². The maximum absolute atomic E-state index is 12.6. The Kier molecular flexibility index (Phi) is 5.77. The van der Waals surface area contributed by atoms with Crippen molar-refractivity contribution in [1.29, 1.82) is 0 Å². The molecule has 1 saturated heterocycles. The molecule has 3 heterocycles. The van der Waals surface area contributed by atoms with Crippen molar-refractivity contribution in [2.75, 3.05) is 25.1 Å². The van der Waals surface area contributed by atoms with Crippen LogP contribution in [0.15, 0.2) is 18.6 Å². The first-order valence-corrected chi connectivity index (χ1v) is 8.93. The monoisotopic (exact) mass is 359 g/mol. The lowest BCUT2D eigenvalue weighted by molar-refractivity contribution is 0.0940. The molecule has 0 spiro atoms. The molecule has 140 valence electrons. The van der Waals surface area contributed by atoms with Gasteiger partial charge in [-0.3, -0.25) is 4.79 Å². The van der Waals surface area contributed by atoms with Crippen molar-refractivity contribution in [3.63, 3.8) is 0 Å². The van der Waals surface area contributed by atoms with Crippen molar-refractivity contribution >= 4 is 11.7 Å². The lowest BCUT2D eigenvalue weighted by Gasteiger charge is -2.25. The second-order valence-electron chi connectivity index (χ2n) is 6.23. The van der Waals surface area contributed by atoms with Crippen LogP contribution in [-0.2, 0) is 17.7 Å². The molecule has 26 heavy (non-hydrogen) atoms. The van der Waals surface area contributed by atoms with Gasteiger partial charge in [0.1, 0.15) is 12.1 Å². The van der Waals surface area contributed by atoms with Gasteiger partial charge in [0, 0.05) is 32.9 Å². The number of amides is 1. The molecular weight excluding hydrogens is 334 g/mol. The van der Waals surface area contributed by atoms with Crippen LogP contribution >= 0.6 is 0 Å². The summed E-state index contributed by atoms with van der Waals surface area (Å²) < 4.78 is 7.28. The Labute approximate surface area is 152 Å². The molecule has 0 radical (unpaired) electrons. The van der Waals surface area contributed by atoms with Gasteiger partial charge in [0.25, 0.3) is 5.91 Å². The highest BCUT2D eigenvalue weighted by Gasteiger charge is 2.33. The van der Waals surface area contributed by atoms with Gasteiger partial charge in [-0.15, -0.1) is 5.10 Å². The third-order valence-electron chi connectivity index (χ3n) is 4.76. The van der Waals surface area contributed by atoms with Crippen LogP contribution in [0.5, 0.6) is 0 Å². The molecule has 2 aromatic heterocycles. The maximum Gasteiger partial charge on any atom is 0.273 e. The number of hydrogen-bond acceptors (Lipinski definition) is 7. The molecule has 2 aromatic rings. The van der Waals surface area contributed by atoms with E-state index in [-0.39, 0.29) is 18.1 Å². The normalized spacial score (nSPS) is 19.7. The van der Waals surface area contributed by atoms with Crippen molar-refractivity contribution in [3.8, 4) is 0 Å². The predicted octanol–water partition coefficient (Wildman–Crippen LogP) is 0.674. The zero-order chi connectivity index (χ0) is 18.5. The van der Waals surface area contributed by atoms with Gasteiger partial charge in [0.05, 0.1) is 17.8 Å². The summed E-state index contributed by atoms with van der Waals surface area (Å²) in [6.45, 7) is 5.91. The number of hydrogen-bond donors (Lipinski definition) is 1. The Morgan fingerprint density at radius 1 is 1.42 bits per heavy atom. The third kappa shape index (κ3) is 3.67. The first-order chi connectivity index (χ1) is 12.7. The van der Waals surface area contributed by atoms with Gasteiger partial charge in [0.2, 0.25) is 0 Å². The van der Waals surface area contributed by atoms with Gasteiger partial charge in [-0.2, -0.15) is 0 Å². The average Bonchev–Trinajstić information content (AvgIpc) is 3.30. The lowest BCUT2D eigenvalue weighted by atomic mass is 10.2. The zero-order valence-corrected chi connectivity index (χ0v) is 15.4. The topological polar surface area (TPSA) is 98.1 Å². The molecule has 9 nitrogen and oxygen atoms in total. The molecule has 1 aliphatic rings. The van der Waals surface area contributed by atoms with E-state index in [2.05, 4.69) is 30.5 Å². The van der Waals surface area contributed by atoms with E-state index in [1.807, 2.05) is 19.9 Å². The summed E-state index contributed by atoms with van der Waals surface area (Å²) in [7, 11) is 1.71. The zero-order valence-electron chi connectivity index (χ0n) is 15.4. The number of anilines is 1. The van der Waals surface area contributed by atoms with Crippen LogP contribution in [-0.4, -0.2) is 63.2 Å². The van der Waals surface area contributed by atoms with E-state index in [4.69, 9.17) is 4.74 Å². The van der Waals surface area contributed by atoms with Crippen LogP contribution < -0.4 is 10.2 Å². The summed E-state index contributed by atoms with van der Waals surface area (Å²) >= 11 is 0. The molecule has 3 rings (SSSR count). The maximum atomic E-state index is 12.6. The van der Waals surface area contributed by atoms with Crippen LogP contribution in [0.1, 0.15) is 36.5 Å². The van der Waals surface area contributed by atoms with Crippen LogP contribution in [0.3, 0.4) is 0 Å². The van der Waals surface area contributed by atoms with E-state index in [1.165, 1.54) is 6.33 Å². The SMILES string of the molecule is CCc1c(C(=O)NC[C@H]2C[C@@H](OC)CN2c2ccncn2)nnn1CC. The van der Waals surface area contributed by atoms with E-state index in [0.29, 0.717) is 25.2 Å². The number of carbonyl (C=O) groups excluding carboxylic acids is 1. The highest BCUT2D eigenvalue weighted by molar-refractivity contribution is 5.93. The van der Waals surface area contributed by atoms with E-state index in [1.54, 1.807) is 18.0 Å². The number of rotatable bonds is 7. The first-order valence-electron chi connectivity index (χ1n) is 8.93. The van der Waals surface area contributed by atoms with Gasteiger partial charge >= 0.3 is 0 Å². The Morgan fingerprint density at radius 2 is 2.27 bits per heavy atom. The number of nitrogens with zero attached hydrogens (tertiary/aromatic N) is 6. The fraction of sp³-hybridized carbons (Fsp3) is 0.588. The summed E-state index contributed by atoms with van der Waals surface area (Å²) in [5.74, 6) is 0.648. The molecule has 1 fully saturated rings. The van der Waals surface area contributed by atoms with Crippen LogP contribution in [0.4, 0.5) is 5.82 Å². The number of ether oxygens (including phenoxy) is 1. The summed E-state index contributed by atoms with van der Waals surface area (Å²) in [5, 5.41) is 11.1. The number of aryl methyl sites for hydroxylation is 1. The predicted molar refractivity (Wildman–Crippen MR) is 96.0 cm³/mol. The molecular formula is C17H25N7O2. The van der Waals surface area contributed by atoms with E-state index in [0.717, 1.165) is 24.5 Å². The highest BCUT2D eigenvalue weighted by atomic mass is 16.5. The van der Waals surface area contributed by atoms with E-state index in [9.17, 15) is 4.79 Å². The van der Waals surface area contributed by atoms with Crippen molar-refractivity contribution in [1.82, 2.24) is 30.3 Å². The molecule has 1 aliphatic heterocycles. The fourth-order valence-electron chi connectivity index (χ4n) is 3.38. The second-order valence-corrected chi connectivity index (χ2v) is 6.23. The second kappa shape index (κ2) is 8.22. The molecule has 9 heteroatoms. The first kappa shape index (κ1) is 18.2. The highest BCUT2D eigenvalue weighted by Crippen LogP contribution is 2.24.